The molecule has 0 aromatic heterocycles. The lowest BCUT2D eigenvalue weighted by atomic mass is 10.0. The van der Waals surface area contributed by atoms with Gasteiger partial charge in [-0.05, 0) is 35.7 Å². The van der Waals surface area contributed by atoms with Gasteiger partial charge < -0.3 is 9.47 Å². The Morgan fingerprint density at radius 2 is 2.00 bits per heavy atom. The van der Waals surface area contributed by atoms with Crippen LogP contribution in [0.2, 0.25) is 0 Å². The number of hydrogen-bond donors (Lipinski definition) is 0. The Kier molecular flexibility index (Phi) is 2.93. The fourth-order valence-corrected chi connectivity index (χ4v) is 2.94. The van der Waals surface area contributed by atoms with Crippen LogP contribution in [0, 0.1) is 0 Å². The molecular formula is C17H16FNO2. The highest BCUT2D eigenvalue weighted by Gasteiger charge is 2.49. The number of aliphatic imine (C=N–C) groups is 1. The molecule has 21 heavy (non-hydrogen) atoms. The average Bonchev–Trinajstić information content (AvgIpc) is 2.95. The zero-order valence-electron chi connectivity index (χ0n) is 11.6. The monoisotopic (exact) mass is 285 g/mol. The van der Waals surface area contributed by atoms with Crippen LogP contribution < -0.4 is 0 Å². The number of alkyl halides is 1. The molecule has 0 aliphatic carbocycles. The van der Waals surface area contributed by atoms with Gasteiger partial charge in [-0.1, -0.05) is 30.3 Å². The zero-order valence-corrected chi connectivity index (χ0v) is 11.6. The summed E-state index contributed by atoms with van der Waals surface area (Å²) < 4.78 is 25.5. The molecule has 0 N–H and O–H groups in total. The second-order valence-electron chi connectivity index (χ2n) is 5.56. The number of rotatable bonds is 1. The maximum Gasteiger partial charge on any atom is 0.263 e. The van der Waals surface area contributed by atoms with Gasteiger partial charge in [0.05, 0.1) is 6.61 Å². The van der Waals surface area contributed by atoms with Crippen molar-refractivity contribution >= 4 is 16.7 Å². The third kappa shape index (κ3) is 2.10. The molecule has 2 atom stereocenters. The Balaban J connectivity index is 1.64. The number of benzene rings is 2. The van der Waals surface area contributed by atoms with Gasteiger partial charge >= 0.3 is 0 Å². The van der Waals surface area contributed by atoms with Crippen LogP contribution in [0.5, 0.6) is 0 Å². The molecule has 2 unspecified atom stereocenters. The summed E-state index contributed by atoms with van der Waals surface area (Å²) in [5.41, 5.74) is 0.868. The van der Waals surface area contributed by atoms with E-state index in [2.05, 4.69) is 11.1 Å². The van der Waals surface area contributed by atoms with Crippen LogP contribution >= 0.6 is 0 Å². The van der Waals surface area contributed by atoms with E-state index in [4.69, 9.17) is 9.47 Å². The maximum absolute atomic E-state index is 14.2. The van der Waals surface area contributed by atoms with Crippen molar-refractivity contribution in [3.63, 3.8) is 0 Å². The Bertz CT molecular complexity index is 715. The summed E-state index contributed by atoms with van der Waals surface area (Å²) in [6, 6.07) is 14.1. The van der Waals surface area contributed by atoms with E-state index in [0.29, 0.717) is 18.9 Å². The summed E-state index contributed by atoms with van der Waals surface area (Å²) in [6.45, 7) is 0.761. The SMILES string of the molecule is FC1CCCOC12CN=C(c1ccc3ccccc3c1)O2. The van der Waals surface area contributed by atoms with E-state index in [1.54, 1.807) is 0 Å². The summed E-state index contributed by atoms with van der Waals surface area (Å²) in [4.78, 5) is 4.37. The molecule has 2 aromatic carbocycles. The van der Waals surface area contributed by atoms with Crippen molar-refractivity contribution in [3.05, 3.63) is 48.0 Å². The molecule has 4 heteroatoms. The summed E-state index contributed by atoms with van der Waals surface area (Å²) in [5, 5.41) is 2.27. The zero-order chi connectivity index (χ0) is 14.3. The minimum absolute atomic E-state index is 0.232. The molecule has 2 aromatic rings. The minimum Gasteiger partial charge on any atom is -0.440 e. The Morgan fingerprint density at radius 3 is 2.86 bits per heavy atom. The first-order chi connectivity index (χ1) is 10.3. The topological polar surface area (TPSA) is 30.8 Å². The van der Waals surface area contributed by atoms with Crippen LogP contribution in [0.25, 0.3) is 10.8 Å². The van der Waals surface area contributed by atoms with E-state index in [0.717, 1.165) is 22.8 Å². The first-order valence-corrected chi connectivity index (χ1v) is 7.27. The lowest BCUT2D eigenvalue weighted by Gasteiger charge is -2.35. The Labute approximate surface area is 122 Å². The van der Waals surface area contributed by atoms with E-state index < -0.39 is 12.0 Å². The first-order valence-electron chi connectivity index (χ1n) is 7.27. The largest absolute Gasteiger partial charge is 0.440 e. The normalized spacial score (nSPS) is 28.6. The van der Waals surface area contributed by atoms with Crippen molar-refractivity contribution in [3.8, 4) is 0 Å². The van der Waals surface area contributed by atoms with Crippen LogP contribution in [0.3, 0.4) is 0 Å². The lowest BCUT2D eigenvalue weighted by molar-refractivity contribution is -0.232. The molecular weight excluding hydrogens is 269 g/mol. The minimum atomic E-state index is -1.20. The molecule has 3 nitrogen and oxygen atoms in total. The molecule has 4 rings (SSSR count). The van der Waals surface area contributed by atoms with Gasteiger partial charge in [-0.3, -0.25) is 0 Å². The van der Waals surface area contributed by atoms with Crippen LogP contribution in [-0.4, -0.2) is 31.0 Å². The summed E-state index contributed by atoms with van der Waals surface area (Å²) in [7, 11) is 0. The van der Waals surface area contributed by atoms with Gasteiger partial charge in [-0.15, -0.1) is 0 Å². The molecule has 2 heterocycles. The van der Waals surface area contributed by atoms with Crippen LogP contribution in [-0.2, 0) is 9.47 Å². The first kappa shape index (κ1) is 12.8. The third-order valence-electron chi connectivity index (χ3n) is 4.13. The van der Waals surface area contributed by atoms with E-state index in [9.17, 15) is 4.39 Å². The highest BCUT2D eigenvalue weighted by atomic mass is 19.1. The average molecular weight is 285 g/mol. The molecule has 2 aliphatic heterocycles. The van der Waals surface area contributed by atoms with Gasteiger partial charge in [-0.25, -0.2) is 9.38 Å². The van der Waals surface area contributed by atoms with Crippen LogP contribution in [0.4, 0.5) is 4.39 Å². The smallest absolute Gasteiger partial charge is 0.263 e. The molecule has 1 spiro atoms. The summed E-state index contributed by atoms with van der Waals surface area (Å²) >= 11 is 0. The number of ether oxygens (including phenoxy) is 2. The Morgan fingerprint density at radius 1 is 1.14 bits per heavy atom. The van der Waals surface area contributed by atoms with E-state index in [1.165, 1.54) is 0 Å². The van der Waals surface area contributed by atoms with E-state index in [1.807, 2.05) is 36.4 Å². The molecule has 1 saturated heterocycles. The lowest BCUT2D eigenvalue weighted by Crippen LogP contribution is -2.49. The van der Waals surface area contributed by atoms with Crippen molar-refractivity contribution in [1.29, 1.82) is 0 Å². The molecule has 108 valence electrons. The quantitative estimate of drug-likeness (QED) is 0.803. The predicted molar refractivity (Wildman–Crippen MR) is 79.3 cm³/mol. The predicted octanol–water partition coefficient (Wildman–Crippen LogP) is 3.46. The third-order valence-corrected chi connectivity index (χ3v) is 4.13. The second kappa shape index (κ2) is 4.81. The second-order valence-corrected chi connectivity index (χ2v) is 5.56. The number of halogens is 1. The maximum atomic E-state index is 14.2. The number of nitrogens with zero attached hydrogens (tertiary/aromatic N) is 1. The molecule has 2 aliphatic rings. The van der Waals surface area contributed by atoms with Crippen LogP contribution in [0.15, 0.2) is 47.5 Å². The van der Waals surface area contributed by atoms with Gasteiger partial charge in [0, 0.05) is 5.56 Å². The number of hydrogen-bond acceptors (Lipinski definition) is 3. The summed E-state index contributed by atoms with van der Waals surface area (Å²) in [5.74, 6) is -0.718. The molecule has 0 bridgehead atoms. The van der Waals surface area contributed by atoms with Gasteiger partial charge in [-0.2, -0.15) is 0 Å². The van der Waals surface area contributed by atoms with Gasteiger partial charge in [0.1, 0.15) is 6.54 Å². The van der Waals surface area contributed by atoms with Crippen molar-refractivity contribution < 1.29 is 13.9 Å². The van der Waals surface area contributed by atoms with Crippen molar-refractivity contribution in [2.75, 3.05) is 13.2 Å². The van der Waals surface area contributed by atoms with E-state index in [-0.39, 0.29) is 6.54 Å². The van der Waals surface area contributed by atoms with Crippen molar-refractivity contribution in [2.45, 2.75) is 24.8 Å². The van der Waals surface area contributed by atoms with Crippen molar-refractivity contribution in [2.24, 2.45) is 4.99 Å². The van der Waals surface area contributed by atoms with Crippen molar-refractivity contribution in [1.82, 2.24) is 0 Å². The van der Waals surface area contributed by atoms with Crippen LogP contribution in [0.1, 0.15) is 18.4 Å². The van der Waals surface area contributed by atoms with Gasteiger partial charge in [0.25, 0.3) is 5.79 Å². The van der Waals surface area contributed by atoms with Gasteiger partial charge in [0.2, 0.25) is 5.90 Å². The van der Waals surface area contributed by atoms with E-state index >= 15 is 0 Å². The molecule has 0 saturated carbocycles. The molecule has 1 fully saturated rings. The molecule has 0 amide bonds. The fraction of sp³-hybridized carbons (Fsp3) is 0.353. The standard InChI is InChI=1S/C17H16FNO2/c18-15-6-3-9-20-17(15)11-19-16(21-17)14-8-7-12-4-1-2-5-13(12)10-14/h1-2,4-5,7-8,10,15H,3,6,9,11H2. The Hall–Kier alpha value is -1.94. The summed E-state index contributed by atoms with van der Waals surface area (Å²) in [6.07, 6.45) is 0.0888. The van der Waals surface area contributed by atoms with Gasteiger partial charge in [0.15, 0.2) is 6.17 Å². The highest BCUT2D eigenvalue weighted by Crippen LogP contribution is 2.34. The molecule has 0 radical (unpaired) electrons. The number of fused-ring (bicyclic) bond motifs is 1. The highest BCUT2D eigenvalue weighted by molar-refractivity contribution is 5.99. The fourth-order valence-electron chi connectivity index (χ4n) is 2.94.